The van der Waals surface area contributed by atoms with Gasteiger partial charge in [0.25, 0.3) is 5.91 Å². The maximum absolute atomic E-state index is 13.5. The molecule has 1 aromatic heterocycles. The number of anilines is 1. The normalized spacial score (nSPS) is 13.9. The van der Waals surface area contributed by atoms with Gasteiger partial charge in [-0.3, -0.25) is 10.1 Å². The topological polar surface area (TPSA) is 54.0 Å². The summed E-state index contributed by atoms with van der Waals surface area (Å²) in [6.07, 6.45) is 0.787. The van der Waals surface area contributed by atoms with Gasteiger partial charge < -0.3 is 5.32 Å². The van der Waals surface area contributed by atoms with Crippen LogP contribution in [0.5, 0.6) is 0 Å². The molecule has 0 radical (unpaired) electrons. The van der Waals surface area contributed by atoms with Crippen molar-refractivity contribution >= 4 is 22.4 Å². The van der Waals surface area contributed by atoms with Crippen molar-refractivity contribution in [2.24, 2.45) is 0 Å². The fourth-order valence-corrected chi connectivity index (χ4v) is 3.03. The second-order valence-corrected chi connectivity index (χ2v) is 5.45. The van der Waals surface area contributed by atoms with Crippen LogP contribution in [0, 0.1) is 11.6 Å². The second kappa shape index (κ2) is 5.26. The number of amides is 1. The van der Waals surface area contributed by atoms with Crippen molar-refractivity contribution in [3.05, 3.63) is 46.0 Å². The maximum atomic E-state index is 13.5. The lowest BCUT2D eigenvalue weighted by molar-refractivity contribution is 0.101. The third kappa shape index (κ3) is 2.41. The molecule has 0 unspecified atom stereocenters. The van der Waals surface area contributed by atoms with Gasteiger partial charge in [0, 0.05) is 24.4 Å². The average molecular weight is 295 g/mol. The highest BCUT2D eigenvalue weighted by Crippen LogP contribution is 2.26. The van der Waals surface area contributed by atoms with Crippen LogP contribution in [0.3, 0.4) is 0 Å². The Kier molecular flexibility index (Phi) is 3.45. The number of hydrogen-bond acceptors (Lipinski definition) is 4. The average Bonchev–Trinajstić information content (AvgIpc) is 2.80. The zero-order valence-corrected chi connectivity index (χ0v) is 11.2. The molecule has 3 rings (SSSR count). The van der Waals surface area contributed by atoms with E-state index in [2.05, 4.69) is 15.6 Å². The number of aromatic nitrogens is 1. The van der Waals surface area contributed by atoms with Crippen LogP contribution in [0.1, 0.15) is 20.9 Å². The molecule has 0 saturated carbocycles. The lowest BCUT2D eigenvalue weighted by Gasteiger charge is -2.09. The van der Waals surface area contributed by atoms with Crippen LogP contribution < -0.4 is 10.6 Å². The molecule has 1 aliphatic rings. The highest BCUT2D eigenvalue weighted by atomic mass is 32.1. The minimum absolute atomic E-state index is 0.367. The van der Waals surface area contributed by atoms with Gasteiger partial charge in [0.2, 0.25) is 0 Å². The predicted molar refractivity (Wildman–Crippen MR) is 71.8 cm³/mol. The van der Waals surface area contributed by atoms with E-state index in [4.69, 9.17) is 0 Å². The molecule has 104 valence electrons. The highest BCUT2D eigenvalue weighted by molar-refractivity contribution is 7.15. The van der Waals surface area contributed by atoms with Gasteiger partial charge in [-0.1, -0.05) is 6.07 Å². The number of carbonyl (C=O) groups is 1. The molecule has 4 nitrogen and oxygen atoms in total. The van der Waals surface area contributed by atoms with E-state index in [0.717, 1.165) is 35.7 Å². The van der Waals surface area contributed by atoms with Crippen molar-refractivity contribution in [1.82, 2.24) is 10.3 Å². The Morgan fingerprint density at radius 2 is 2.10 bits per heavy atom. The van der Waals surface area contributed by atoms with Gasteiger partial charge in [0.1, 0.15) is 17.2 Å². The summed E-state index contributed by atoms with van der Waals surface area (Å²) >= 11 is 1.32. The molecule has 0 aliphatic carbocycles. The van der Waals surface area contributed by atoms with E-state index in [-0.39, 0.29) is 0 Å². The molecule has 1 aromatic carbocycles. The molecule has 7 heteroatoms. The molecular formula is C13H11F2N3OS. The van der Waals surface area contributed by atoms with Gasteiger partial charge >= 0.3 is 0 Å². The highest BCUT2D eigenvalue weighted by Gasteiger charge is 2.20. The molecule has 0 saturated heterocycles. The molecular weight excluding hydrogens is 284 g/mol. The molecule has 2 aromatic rings. The maximum Gasteiger partial charge on any atom is 0.263 e. The van der Waals surface area contributed by atoms with Crippen molar-refractivity contribution in [2.75, 3.05) is 11.9 Å². The SMILES string of the molecule is O=C(Nc1nc2c(s1)CNCC2)c1c(F)cccc1F. The third-order valence-corrected chi connectivity index (χ3v) is 4.03. The van der Waals surface area contributed by atoms with Crippen LogP contribution in [0.4, 0.5) is 13.9 Å². The molecule has 20 heavy (non-hydrogen) atoms. The van der Waals surface area contributed by atoms with Crippen LogP contribution in [-0.4, -0.2) is 17.4 Å². The summed E-state index contributed by atoms with van der Waals surface area (Å²) in [6, 6.07) is 3.32. The van der Waals surface area contributed by atoms with Gasteiger partial charge in [-0.2, -0.15) is 0 Å². The number of nitrogens with one attached hydrogen (secondary N) is 2. The Bertz CT molecular complexity index is 628. The summed E-state index contributed by atoms with van der Waals surface area (Å²) in [7, 11) is 0. The minimum atomic E-state index is -0.884. The molecule has 0 fully saturated rings. The predicted octanol–water partition coefficient (Wildman–Crippen LogP) is 2.32. The van der Waals surface area contributed by atoms with Crippen LogP contribution >= 0.6 is 11.3 Å². The summed E-state index contributed by atoms with van der Waals surface area (Å²) < 4.78 is 27.0. The molecule has 2 N–H and O–H groups in total. The fraction of sp³-hybridized carbons (Fsp3) is 0.231. The van der Waals surface area contributed by atoms with Crippen LogP contribution in [0.2, 0.25) is 0 Å². The smallest absolute Gasteiger partial charge is 0.263 e. The van der Waals surface area contributed by atoms with Crippen molar-refractivity contribution < 1.29 is 13.6 Å². The van der Waals surface area contributed by atoms with Gasteiger partial charge in [-0.05, 0) is 12.1 Å². The molecule has 0 atom stereocenters. The Hall–Kier alpha value is -1.86. The largest absolute Gasteiger partial charge is 0.311 e. The Balaban J connectivity index is 1.84. The first-order valence-corrected chi connectivity index (χ1v) is 6.91. The van der Waals surface area contributed by atoms with E-state index in [1.54, 1.807) is 0 Å². The molecule has 1 aliphatic heterocycles. The third-order valence-electron chi connectivity index (χ3n) is 3.01. The molecule has 0 bridgehead atoms. The first-order chi connectivity index (χ1) is 9.65. The number of halogens is 2. The fourth-order valence-electron chi connectivity index (χ4n) is 2.05. The molecule has 2 heterocycles. The molecule has 0 spiro atoms. The lowest BCUT2D eigenvalue weighted by atomic mass is 10.2. The van der Waals surface area contributed by atoms with Crippen LogP contribution in [0.25, 0.3) is 0 Å². The first kappa shape index (κ1) is 13.1. The molecule has 1 amide bonds. The van der Waals surface area contributed by atoms with Crippen molar-refractivity contribution in [3.8, 4) is 0 Å². The number of benzene rings is 1. The van der Waals surface area contributed by atoms with E-state index in [1.807, 2.05) is 0 Å². The quantitative estimate of drug-likeness (QED) is 0.894. The lowest BCUT2D eigenvalue weighted by Crippen LogP contribution is -2.22. The van der Waals surface area contributed by atoms with E-state index in [1.165, 1.54) is 17.4 Å². The summed E-state index contributed by atoms with van der Waals surface area (Å²) in [5.74, 6) is -2.59. The van der Waals surface area contributed by atoms with Gasteiger partial charge in [-0.15, -0.1) is 11.3 Å². The number of fused-ring (bicyclic) bond motifs is 1. The number of hydrogen-bond donors (Lipinski definition) is 2. The number of nitrogens with zero attached hydrogens (tertiary/aromatic N) is 1. The van der Waals surface area contributed by atoms with Gasteiger partial charge in [-0.25, -0.2) is 13.8 Å². The van der Waals surface area contributed by atoms with E-state index in [0.29, 0.717) is 11.7 Å². The minimum Gasteiger partial charge on any atom is -0.311 e. The van der Waals surface area contributed by atoms with Gasteiger partial charge in [0.05, 0.1) is 5.69 Å². The van der Waals surface area contributed by atoms with Crippen molar-refractivity contribution in [1.29, 1.82) is 0 Å². The second-order valence-electron chi connectivity index (χ2n) is 4.37. The number of thiazole rings is 1. The Morgan fingerprint density at radius 3 is 2.80 bits per heavy atom. The number of carbonyl (C=O) groups excluding carboxylic acids is 1. The summed E-state index contributed by atoms with van der Waals surface area (Å²) in [6.45, 7) is 1.54. The standard InChI is InChI=1S/C13H11F2N3OS/c14-7-2-1-3-8(15)11(7)12(19)18-13-17-9-4-5-16-6-10(9)20-13/h1-3,16H,4-6H2,(H,17,18,19). The zero-order chi connectivity index (χ0) is 14.1. The van der Waals surface area contributed by atoms with Crippen LogP contribution in [0.15, 0.2) is 18.2 Å². The van der Waals surface area contributed by atoms with E-state index < -0.39 is 23.1 Å². The first-order valence-electron chi connectivity index (χ1n) is 6.10. The Morgan fingerprint density at radius 1 is 1.35 bits per heavy atom. The van der Waals surface area contributed by atoms with Crippen molar-refractivity contribution in [2.45, 2.75) is 13.0 Å². The monoisotopic (exact) mass is 295 g/mol. The zero-order valence-electron chi connectivity index (χ0n) is 10.4. The summed E-state index contributed by atoms with van der Waals surface area (Å²) in [4.78, 5) is 17.2. The van der Waals surface area contributed by atoms with E-state index >= 15 is 0 Å². The number of rotatable bonds is 2. The van der Waals surface area contributed by atoms with E-state index in [9.17, 15) is 13.6 Å². The van der Waals surface area contributed by atoms with Crippen molar-refractivity contribution in [3.63, 3.8) is 0 Å². The summed E-state index contributed by atoms with van der Waals surface area (Å²) in [5.41, 5.74) is 0.344. The van der Waals surface area contributed by atoms with Crippen LogP contribution in [-0.2, 0) is 13.0 Å². The Labute approximate surface area is 117 Å². The summed E-state index contributed by atoms with van der Waals surface area (Å²) in [5, 5.41) is 6.02. The van der Waals surface area contributed by atoms with Gasteiger partial charge in [0.15, 0.2) is 5.13 Å².